The van der Waals surface area contributed by atoms with Crippen molar-refractivity contribution >= 4 is 5.78 Å². The zero-order valence-electron chi connectivity index (χ0n) is 16.1. The van der Waals surface area contributed by atoms with Crippen LogP contribution in [0.2, 0.25) is 0 Å². The summed E-state index contributed by atoms with van der Waals surface area (Å²) in [6.45, 7) is 8.53. The Kier molecular flexibility index (Phi) is 4.76. The fraction of sp³-hybridized carbons (Fsp3) is 0.762. The molecule has 3 aliphatic carbocycles. The molecule has 1 fully saturated rings. The second kappa shape index (κ2) is 6.33. The minimum absolute atomic E-state index is 0.0465. The molecule has 0 amide bonds. The second-order valence-corrected chi connectivity index (χ2v) is 8.79. The molecule has 0 aromatic rings. The summed E-state index contributed by atoms with van der Waals surface area (Å²) in [6, 6.07) is 0. The summed E-state index contributed by atoms with van der Waals surface area (Å²) in [5, 5.41) is 22.6. The van der Waals surface area contributed by atoms with Gasteiger partial charge in [0.05, 0.1) is 18.1 Å². The van der Waals surface area contributed by atoms with E-state index < -0.39 is 17.1 Å². The molecule has 0 aromatic carbocycles. The molecule has 3 aliphatic rings. The number of ether oxygens (including phenoxy) is 1. The number of rotatable bonds is 3. The van der Waals surface area contributed by atoms with E-state index in [2.05, 4.69) is 6.92 Å². The summed E-state index contributed by atoms with van der Waals surface area (Å²) >= 11 is 0. The van der Waals surface area contributed by atoms with Crippen LogP contribution < -0.4 is 0 Å². The highest BCUT2D eigenvalue weighted by Crippen LogP contribution is 2.55. The molecule has 1 saturated carbocycles. The maximum absolute atomic E-state index is 13.0. The van der Waals surface area contributed by atoms with Gasteiger partial charge in [0.2, 0.25) is 0 Å². The van der Waals surface area contributed by atoms with Gasteiger partial charge in [0.1, 0.15) is 5.60 Å². The Hall–Kier alpha value is -0.970. The van der Waals surface area contributed by atoms with Gasteiger partial charge in [-0.25, -0.2) is 0 Å². The fourth-order valence-electron chi connectivity index (χ4n) is 5.36. The standard InChI is InChI=1S/C21H32O4/c1-12(2)17-8-19(23)20(4)9-16-14(11-25-5)6-7-15(16)13(3)18(22)10-21(17,20)24/h8-9,12-15,18,22,24H,6-7,10-11H2,1-5H3/b16-9-. The van der Waals surface area contributed by atoms with Crippen LogP contribution in [-0.2, 0) is 9.53 Å². The van der Waals surface area contributed by atoms with Crippen LogP contribution in [0, 0.1) is 29.1 Å². The number of allylic oxidation sites excluding steroid dienone is 1. The Morgan fingerprint density at radius 3 is 2.64 bits per heavy atom. The zero-order valence-corrected chi connectivity index (χ0v) is 16.1. The lowest BCUT2D eigenvalue weighted by molar-refractivity contribution is -0.132. The minimum Gasteiger partial charge on any atom is -0.393 e. The van der Waals surface area contributed by atoms with E-state index >= 15 is 0 Å². The van der Waals surface area contributed by atoms with E-state index in [-0.39, 0.29) is 35.9 Å². The number of fused-ring (bicyclic) bond motifs is 2. The van der Waals surface area contributed by atoms with Gasteiger partial charge in [-0.2, -0.15) is 0 Å². The van der Waals surface area contributed by atoms with Gasteiger partial charge < -0.3 is 14.9 Å². The molecular weight excluding hydrogens is 316 g/mol. The Morgan fingerprint density at radius 1 is 1.36 bits per heavy atom. The Labute approximate surface area is 151 Å². The lowest BCUT2D eigenvalue weighted by Crippen LogP contribution is -2.52. The highest BCUT2D eigenvalue weighted by Gasteiger charge is 2.60. The molecule has 0 heterocycles. The van der Waals surface area contributed by atoms with Gasteiger partial charge in [0.25, 0.3) is 0 Å². The van der Waals surface area contributed by atoms with E-state index in [0.717, 1.165) is 18.4 Å². The third-order valence-corrected chi connectivity index (χ3v) is 7.05. The predicted octanol–water partition coefficient (Wildman–Crippen LogP) is 2.89. The van der Waals surface area contributed by atoms with E-state index in [1.807, 2.05) is 26.8 Å². The van der Waals surface area contributed by atoms with Crippen LogP contribution in [0.4, 0.5) is 0 Å². The highest BCUT2D eigenvalue weighted by atomic mass is 16.5. The van der Waals surface area contributed by atoms with Gasteiger partial charge in [-0.15, -0.1) is 0 Å². The summed E-state index contributed by atoms with van der Waals surface area (Å²) < 4.78 is 5.40. The monoisotopic (exact) mass is 348 g/mol. The van der Waals surface area contributed by atoms with E-state index in [0.29, 0.717) is 6.61 Å². The average Bonchev–Trinajstić information content (AvgIpc) is 2.99. The molecular formula is C21H32O4. The largest absolute Gasteiger partial charge is 0.393 e. The molecule has 4 nitrogen and oxygen atoms in total. The highest BCUT2D eigenvalue weighted by molar-refractivity contribution is 6.02. The van der Waals surface area contributed by atoms with Gasteiger partial charge in [-0.1, -0.05) is 32.4 Å². The molecule has 6 unspecified atom stereocenters. The van der Waals surface area contributed by atoms with E-state index in [1.165, 1.54) is 5.57 Å². The van der Waals surface area contributed by atoms with Crippen LogP contribution in [0.3, 0.4) is 0 Å². The van der Waals surface area contributed by atoms with Crippen molar-refractivity contribution in [1.29, 1.82) is 0 Å². The van der Waals surface area contributed by atoms with Crippen LogP contribution in [0.25, 0.3) is 0 Å². The summed E-state index contributed by atoms with van der Waals surface area (Å²) in [6.07, 6.45) is 5.27. The molecule has 0 bridgehead atoms. The number of carbonyl (C=O) groups is 1. The van der Waals surface area contributed by atoms with Gasteiger partial charge >= 0.3 is 0 Å². The molecule has 0 saturated heterocycles. The van der Waals surface area contributed by atoms with Crippen LogP contribution in [0.1, 0.15) is 47.0 Å². The number of aliphatic hydroxyl groups excluding tert-OH is 1. The van der Waals surface area contributed by atoms with Crippen molar-refractivity contribution in [2.45, 2.75) is 58.7 Å². The first-order valence-corrected chi connectivity index (χ1v) is 9.54. The Morgan fingerprint density at radius 2 is 2.04 bits per heavy atom. The molecule has 25 heavy (non-hydrogen) atoms. The molecule has 3 rings (SSSR count). The fourth-order valence-corrected chi connectivity index (χ4v) is 5.36. The second-order valence-electron chi connectivity index (χ2n) is 8.79. The zero-order chi connectivity index (χ0) is 18.6. The number of methoxy groups -OCH3 is 1. The smallest absolute Gasteiger partial charge is 0.168 e. The molecule has 140 valence electrons. The van der Waals surface area contributed by atoms with Gasteiger partial charge in [-0.3, -0.25) is 4.79 Å². The summed E-state index contributed by atoms with van der Waals surface area (Å²) in [4.78, 5) is 13.0. The lowest BCUT2D eigenvalue weighted by atomic mass is 9.62. The van der Waals surface area contributed by atoms with E-state index in [1.54, 1.807) is 13.2 Å². The van der Waals surface area contributed by atoms with Crippen molar-refractivity contribution in [3.8, 4) is 0 Å². The lowest BCUT2D eigenvalue weighted by Gasteiger charge is -2.45. The minimum atomic E-state index is -1.32. The van der Waals surface area contributed by atoms with Crippen molar-refractivity contribution in [3.63, 3.8) is 0 Å². The Bertz CT molecular complexity index is 619. The van der Waals surface area contributed by atoms with Crippen LogP contribution in [0.5, 0.6) is 0 Å². The van der Waals surface area contributed by atoms with Crippen molar-refractivity contribution in [3.05, 3.63) is 23.3 Å². The third kappa shape index (κ3) is 2.65. The molecule has 0 aromatic heterocycles. The summed E-state index contributed by atoms with van der Waals surface area (Å²) in [5.41, 5.74) is -0.370. The van der Waals surface area contributed by atoms with Gasteiger partial charge in [0, 0.05) is 19.4 Å². The molecule has 6 atom stereocenters. The van der Waals surface area contributed by atoms with E-state index in [9.17, 15) is 15.0 Å². The third-order valence-electron chi connectivity index (χ3n) is 7.05. The van der Waals surface area contributed by atoms with E-state index in [4.69, 9.17) is 4.74 Å². The average molecular weight is 348 g/mol. The Balaban J connectivity index is 2.16. The molecule has 0 aliphatic heterocycles. The molecule has 4 heteroatoms. The number of hydrogen-bond acceptors (Lipinski definition) is 4. The predicted molar refractivity (Wildman–Crippen MR) is 96.9 cm³/mol. The van der Waals surface area contributed by atoms with Crippen molar-refractivity contribution in [2.24, 2.45) is 29.1 Å². The topological polar surface area (TPSA) is 66.8 Å². The SMILES string of the molecule is COCC1CCC2/C1=C\C1(C)C(=O)C=C(C(C)C)C1(O)CC(O)C2C. The first-order chi connectivity index (χ1) is 11.7. The van der Waals surface area contributed by atoms with Crippen LogP contribution in [-0.4, -0.2) is 41.4 Å². The number of hydrogen-bond donors (Lipinski definition) is 2. The summed E-state index contributed by atoms with van der Waals surface area (Å²) in [5.74, 6) is 0.595. The number of aliphatic hydroxyl groups is 2. The van der Waals surface area contributed by atoms with Crippen LogP contribution in [0.15, 0.2) is 23.3 Å². The van der Waals surface area contributed by atoms with Crippen molar-refractivity contribution < 1.29 is 19.7 Å². The maximum Gasteiger partial charge on any atom is 0.168 e. The normalized spacial score (nSPS) is 46.2. The number of carbonyl (C=O) groups excluding carboxylic acids is 1. The first-order valence-electron chi connectivity index (χ1n) is 9.54. The number of ketones is 1. The first kappa shape index (κ1) is 18.8. The van der Waals surface area contributed by atoms with Gasteiger partial charge in [-0.05, 0) is 49.2 Å². The molecule has 0 radical (unpaired) electrons. The quantitative estimate of drug-likeness (QED) is 0.770. The molecule has 0 spiro atoms. The van der Waals surface area contributed by atoms with Crippen molar-refractivity contribution in [2.75, 3.05) is 13.7 Å². The maximum atomic E-state index is 13.0. The summed E-state index contributed by atoms with van der Waals surface area (Å²) in [7, 11) is 1.70. The van der Waals surface area contributed by atoms with Crippen molar-refractivity contribution in [1.82, 2.24) is 0 Å². The van der Waals surface area contributed by atoms with Gasteiger partial charge in [0.15, 0.2) is 5.78 Å². The molecule has 2 N–H and O–H groups in total. The van der Waals surface area contributed by atoms with Crippen LogP contribution >= 0.6 is 0 Å².